The van der Waals surface area contributed by atoms with E-state index in [1.807, 2.05) is 11.9 Å². The van der Waals surface area contributed by atoms with Gasteiger partial charge in [0.25, 0.3) is 0 Å². The van der Waals surface area contributed by atoms with Crippen molar-refractivity contribution < 1.29 is 23.2 Å². The Morgan fingerprint density at radius 1 is 1.13 bits per heavy atom. The summed E-state index contributed by atoms with van der Waals surface area (Å²) in [4.78, 5) is 41.9. The summed E-state index contributed by atoms with van der Waals surface area (Å²) >= 11 is 0. The van der Waals surface area contributed by atoms with Crippen LogP contribution in [-0.2, 0) is 0 Å². The smallest absolute Gasteiger partial charge is 0.379 e. The van der Waals surface area contributed by atoms with Gasteiger partial charge < -0.3 is 18.5 Å². The number of ether oxygens (including phenoxy) is 1. The van der Waals surface area contributed by atoms with Gasteiger partial charge in [0.05, 0.1) is 12.8 Å². The summed E-state index contributed by atoms with van der Waals surface area (Å²) in [6.45, 7) is 5.11. The normalized spacial score (nSPS) is 15.4. The number of Topliss-reactive ketones (excluding diaryl/α,β-unsaturated/α-hetero) is 1. The molecular weight excluding hydrogens is 388 g/mol. The predicted octanol–water partition coefficient (Wildman–Crippen LogP) is 2.34. The van der Waals surface area contributed by atoms with Gasteiger partial charge in [0.1, 0.15) is 11.3 Å². The average Bonchev–Trinajstić information content (AvgIpc) is 3.24. The molecule has 3 aromatic rings. The minimum atomic E-state index is -0.733. The van der Waals surface area contributed by atoms with Crippen LogP contribution < -0.4 is 10.4 Å². The molecule has 156 valence electrons. The van der Waals surface area contributed by atoms with Gasteiger partial charge >= 0.3 is 11.6 Å². The highest BCUT2D eigenvalue weighted by atomic mass is 16.5. The number of benzene rings is 1. The summed E-state index contributed by atoms with van der Waals surface area (Å²) in [5.74, 6) is -0.959. The molecular formula is C22H22N2O6. The van der Waals surface area contributed by atoms with Crippen LogP contribution in [0.2, 0.25) is 0 Å². The van der Waals surface area contributed by atoms with E-state index in [1.54, 1.807) is 25.1 Å². The summed E-state index contributed by atoms with van der Waals surface area (Å²) in [5.41, 5.74) is 0.331. The SMILES string of the molecule is Cc1cc(=O)oc2c(C(=O)CN3CCN(C)CC3)c(OC(=O)c3ccco3)ccc12. The summed E-state index contributed by atoms with van der Waals surface area (Å²) in [6.07, 6.45) is 1.36. The Labute approximate surface area is 172 Å². The average molecular weight is 410 g/mol. The van der Waals surface area contributed by atoms with Crippen LogP contribution in [0.1, 0.15) is 26.5 Å². The summed E-state index contributed by atoms with van der Waals surface area (Å²) < 4.78 is 15.9. The fraction of sp³-hybridized carbons (Fsp3) is 0.318. The van der Waals surface area contributed by atoms with Gasteiger partial charge in [-0.3, -0.25) is 9.69 Å². The molecule has 0 radical (unpaired) electrons. The fourth-order valence-corrected chi connectivity index (χ4v) is 3.55. The number of aryl methyl sites for hydroxylation is 1. The predicted molar refractivity (Wildman–Crippen MR) is 109 cm³/mol. The zero-order valence-electron chi connectivity index (χ0n) is 16.8. The van der Waals surface area contributed by atoms with Crippen molar-refractivity contribution >= 4 is 22.7 Å². The van der Waals surface area contributed by atoms with Crippen LogP contribution in [-0.4, -0.2) is 61.3 Å². The number of hydrogen-bond acceptors (Lipinski definition) is 8. The number of rotatable bonds is 5. The quantitative estimate of drug-likeness (QED) is 0.274. The van der Waals surface area contributed by atoms with E-state index in [4.69, 9.17) is 13.6 Å². The van der Waals surface area contributed by atoms with Crippen molar-refractivity contribution in [2.45, 2.75) is 6.92 Å². The lowest BCUT2D eigenvalue weighted by molar-refractivity contribution is 0.0698. The molecule has 8 heteroatoms. The molecule has 2 aromatic heterocycles. The molecule has 30 heavy (non-hydrogen) atoms. The maximum Gasteiger partial charge on any atom is 0.379 e. The van der Waals surface area contributed by atoms with Crippen molar-refractivity contribution in [3.63, 3.8) is 0 Å². The largest absolute Gasteiger partial charge is 0.457 e. The van der Waals surface area contributed by atoms with E-state index in [9.17, 15) is 14.4 Å². The van der Waals surface area contributed by atoms with E-state index in [0.717, 1.165) is 26.2 Å². The Hall–Kier alpha value is -3.23. The van der Waals surface area contributed by atoms with Crippen LogP contribution in [0.15, 0.2) is 50.2 Å². The second kappa shape index (κ2) is 8.25. The van der Waals surface area contributed by atoms with Crippen LogP contribution in [0.25, 0.3) is 11.0 Å². The minimum Gasteiger partial charge on any atom is -0.457 e. The van der Waals surface area contributed by atoms with Crippen molar-refractivity contribution in [2.75, 3.05) is 39.8 Å². The van der Waals surface area contributed by atoms with E-state index >= 15 is 0 Å². The molecule has 0 unspecified atom stereocenters. The van der Waals surface area contributed by atoms with Gasteiger partial charge in [0.15, 0.2) is 11.4 Å². The van der Waals surface area contributed by atoms with Crippen molar-refractivity contribution in [3.05, 3.63) is 63.9 Å². The maximum atomic E-state index is 13.3. The number of ketones is 1. The van der Waals surface area contributed by atoms with Gasteiger partial charge in [0, 0.05) is 37.6 Å². The number of carbonyl (C=O) groups excluding carboxylic acids is 2. The Morgan fingerprint density at radius 3 is 2.60 bits per heavy atom. The maximum absolute atomic E-state index is 13.3. The first-order valence-electron chi connectivity index (χ1n) is 9.69. The van der Waals surface area contributed by atoms with E-state index < -0.39 is 11.6 Å². The Bertz CT molecular complexity index is 1140. The van der Waals surface area contributed by atoms with Gasteiger partial charge in [-0.15, -0.1) is 0 Å². The number of carbonyl (C=O) groups is 2. The summed E-state index contributed by atoms with van der Waals surface area (Å²) in [5, 5.41) is 0.620. The summed E-state index contributed by atoms with van der Waals surface area (Å²) in [7, 11) is 2.04. The van der Waals surface area contributed by atoms with Crippen molar-refractivity contribution in [1.82, 2.24) is 9.80 Å². The molecule has 4 rings (SSSR count). The molecule has 0 aliphatic carbocycles. The van der Waals surface area contributed by atoms with Crippen LogP contribution in [0, 0.1) is 6.92 Å². The van der Waals surface area contributed by atoms with Crippen molar-refractivity contribution in [2.24, 2.45) is 0 Å². The van der Waals surface area contributed by atoms with E-state index in [2.05, 4.69) is 4.90 Å². The van der Waals surface area contributed by atoms with Gasteiger partial charge in [-0.25, -0.2) is 9.59 Å². The Balaban J connectivity index is 1.74. The highest BCUT2D eigenvalue weighted by Crippen LogP contribution is 2.30. The molecule has 3 heterocycles. The second-order valence-electron chi connectivity index (χ2n) is 7.43. The van der Waals surface area contributed by atoms with Crippen LogP contribution in [0.4, 0.5) is 0 Å². The monoisotopic (exact) mass is 410 g/mol. The standard InChI is InChI=1S/C22H22N2O6/c1-14-12-19(26)30-21-15(14)5-6-17(29-22(27)18-4-3-11-28-18)20(21)16(25)13-24-9-7-23(2)8-10-24/h3-6,11-12H,7-10,13H2,1-2H3. The van der Waals surface area contributed by atoms with E-state index in [-0.39, 0.29) is 35.0 Å². The number of piperazine rings is 1. The number of fused-ring (bicyclic) bond motifs is 1. The molecule has 1 aliphatic rings. The zero-order valence-corrected chi connectivity index (χ0v) is 16.8. The first-order chi connectivity index (χ1) is 14.4. The minimum absolute atomic E-state index is 0.0123. The highest BCUT2D eigenvalue weighted by molar-refractivity contribution is 6.10. The second-order valence-corrected chi connectivity index (χ2v) is 7.43. The lowest BCUT2D eigenvalue weighted by Gasteiger charge is -2.31. The molecule has 1 aromatic carbocycles. The molecule has 0 N–H and O–H groups in total. The third kappa shape index (κ3) is 4.05. The molecule has 1 fully saturated rings. The summed E-state index contributed by atoms with van der Waals surface area (Å²) in [6, 6.07) is 7.63. The van der Waals surface area contributed by atoms with Crippen LogP contribution >= 0.6 is 0 Å². The van der Waals surface area contributed by atoms with Crippen LogP contribution in [0.5, 0.6) is 5.75 Å². The van der Waals surface area contributed by atoms with Gasteiger partial charge in [-0.2, -0.15) is 0 Å². The topological polar surface area (TPSA) is 93.2 Å². The lowest BCUT2D eigenvalue weighted by atomic mass is 10.0. The van der Waals surface area contributed by atoms with Gasteiger partial charge in [-0.1, -0.05) is 0 Å². The molecule has 0 amide bonds. The molecule has 0 bridgehead atoms. The first kappa shape index (κ1) is 20.1. The first-order valence-corrected chi connectivity index (χ1v) is 9.69. The number of likely N-dealkylation sites (N-methyl/N-ethyl adjacent to an activating group) is 1. The Morgan fingerprint density at radius 2 is 1.90 bits per heavy atom. The van der Waals surface area contributed by atoms with Crippen LogP contribution in [0.3, 0.4) is 0 Å². The lowest BCUT2D eigenvalue weighted by Crippen LogP contribution is -2.46. The van der Waals surface area contributed by atoms with Gasteiger partial charge in [0.2, 0.25) is 5.76 Å². The molecule has 0 atom stereocenters. The zero-order chi connectivity index (χ0) is 21.3. The van der Waals surface area contributed by atoms with Crippen molar-refractivity contribution in [3.8, 4) is 5.75 Å². The molecule has 8 nitrogen and oxygen atoms in total. The third-order valence-electron chi connectivity index (χ3n) is 5.25. The number of furan rings is 1. The highest BCUT2D eigenvalue weighted by Gasteiger charge is 2.25. The molecule has 1 aliphatic heterocycles. The van der Waals surface area contributed by atoms with E-state index in [0.29, 0.717) is 10.9 Å². The van der Waals surface area contributed by atoms with E-state index in [1.165, 1.54) is 18.4 Å². The van der Waals surface area contributed by atoms with Gasteiger partial charge in [-0.05, 0) is 43.8 Å². The number of nitrogens with zero attached hydrogens (tertiary/aromatic N) is 2. The number of esters is 1. The third-order valence-corrected chi connectivity index (χ3v) is 5.25. The number of hydrogen-bond donors (Lipinski definition) is 0. The molecule has 0 spiro atoms. The molecule has 0 saturated carbocycles. The Kier molecular flexibility index (Phi) is 5.52. The fourth-order valence-electron chi connectivity index (χ4n) is 3.55. The molecule has 1 saturated heterocycles. The van der Waals surface area contributed by atoms with Crippen molar-refractivity contribution in [1.29, 1.82) is 0 Å².